The van der Waals surface area contributed by atoms with Crippen molar-refractivity contribution in [1.29, 1.82) is 0 Å². The van der Waals surface area contributed by atoms with Crippen LogP contribution in [0.5, 0.6) is 0 Å². The number of carbonyl (C=O) groups excluding carboxylic acids is 1. The number of nitrogens with zero attached hydrogens (tertiary/aromatic N) is 4. The van der Waals surface area contributed by atoms with E-state index in [0.29, 0.717) is 12.3 Å². The molecule has 0 saturated heterocycles. The van der Waals surface area contributed by atoms with E-state index in [9.17, 15) is 4.79 Å². The van der Waals surface area contributed by atoms with Crippen molar-refractivity contribution in [1.82, 2.24) is 25.4 Å². The minimum Gasteiger partial charge on any atom is -0.355 e. The standard InChI is InChI=1S/C20H15N5O2/c26-20(18-11-19(27-25-18)16-2-1-6-22-13-16)24-12-14-3-9-23-17(10-14)15-4-7-21-8-5-15/h1-11,13H,12H2,(H,24,26). The minimum atomic E-state index is -0.309. The van der Waals surface area contributed by atoms with Gasteiger partial charge in [-0.3, -0.25) is 19.7 Å². The maximum atomic E-state index is 12.3. The summed E-state index contributed by atoms with van der Waals surface area (Å²) < 4.78 is 5.23. The summed E-state index contributed by atoms with van der Waals surface area (Å²) in [7, 11) is 0. The maximum Gasteiger partial charge on any atom is 0.273 e. The lowest BCUT2D eigenvalue weighted by atomic mass is 10.1. The summed E-state index contributed by atoms with van der Waals surface area (Å²) in [5, 5.41) is 6.68. The van der Waals surface area contributed by atoms with E-state index in [1.54, 1.807) is 43.1 Å². The van der Waals surface area contributed by atoms with Crippen LogP contribution in [-0.2, 0) is 6.54 Å². The number of hydrogen-bond donors (Lipinski definition) is 1. The lowest BCUT2D eigenvalue weighted by Crippen LogP contribution is -2.23. The van der Waals surface area contributed by atoms with Crippen LogP contribution < -0.4 is 5.32 Å². The van der Waals surface area contributed by atoms with Gasteiger partial charge in [0, 0.05) is 54.7 Å². The van der Waals surface area contributed by atoms with Crippen LogP contribution in [0.15, 0.2) is 78.0 Å². The molecule has 0 aliphatic heterocycles. The highest BCUT2D eigenvalue weighted by Gasteiger charge is 2.13. The van der Waals surface area contributed by atoms with E-state index in [1.807, 2.05) is 30.3 Å². The molecule has 0 radical (unpaired) electrons. The van der Waals surface area contributed by atoms with Crippen molar-refractivity contribution in [2.24, 2.45) is 0 Å². The Bertz CT molecular complexity index is 1050. The molecule has 4 rings (SSSR count). The Morgan fingerprint density at radius 2 is 1.85 bits per heavy atom. The van der Waals surface area contributed by atoms with Crippen molar-refractivity contribution in [3.05, 3.63) is 84.7 Å². The van der Waals surface area contributed by atoms with Crippen LogP contribution >= 0.6 is 0 Å². The van der Waals surface area contributed by atoms with Gasteiger partial charge in [0.15, 0.2) is 11.5 Å². The Kier molecular flexibility index (Phi) is 4.65. The smallest absolute Gasteiger partial charge is 0.273 e. The lowest BCUT2D eigenvalue weighted by molar-refractivity contribution is 0.0942. The summed E-state index contributed by atoms with van der Waals surface area (Å²) >= 11 is 0. The number of rotatable bonds is 5. The molecule has 0 aliphatic rings. The van der Waals surface area contributed by atoms with Crippen molar-refractivity contribution in [2.45, 2.75) is 6.54 Å². The molecule has 0 bridgehead atoms. The van der Waals surface area contributed by atoms with Crippen LogP contribution in [0, 0.1) is 0 Å². The summed E-state index contributed by atoms with van der Waals surface area (Å²) in [5.74, 6) is 0.188. The first-order chi connectivity index (χ1) is 13.3. The first-order valence-corrected chi connectivity index (χ1v) is 8.30. The topological polar surface area (TPSA) is 93.8 Å². The first-order valence-electron chi connectivity index (χ1n) is 8.30. The number of carbonyl (C=O) groups is 1. The Balaban J connectivity index is 1.43. The van der Waals surface area contributed by atoms with Crippen LogP contribution in [0.4, 0.5) is 0 Å². The normalized spacial score (nSPS) is 10.5. The van der Waals surface area contributed by atoms with Crippen molar-refractivity contribution in [2.75, 3.05) is 0 Å². The van der Waals surface area contributed by atoms with Gasteiger partial charge in [0.1, 0.15) is 0 Å². The number of aromatic nitrogens is 4. The van der Waals surface area contributed by atoms with Crippen LogP contribution in [0.2, 0.25) is 0 Å². The van der Waals surface area contributed by atoms with Gasteiger partial charge in [-0.15, -0.1) is 0 Å². The van der Waals surface area contributed by atoms with Crippen molar-refractivity contribution in [3.8, 4) is 22.6 Å². The summed E-state index contributed by atoms with van der Waals surface area (Å²) in [4.78, 5) is 24.7. The predicted molar refractivity (Wildman–Crippen MR) is 98.4 cm³/mol. The van der Waals surface area contributed by atoms with Gasteiger partial charge in [0.25, 0.3) is 5.91 Å². The first kappa shape index (κ1) is 16.6. The second-order valence-electron chi connectivity index (χ2n) is 5.79. The quantitative estimate of drug-likeness (QED) is 0.590. The van der Waals surface area contributed by atoms with Gasteiger partial charge in [0.2, 0.25) is 0 Å². The third kappa shape index (κ3) is 3.87. The summed E-state index contributed by atoms with van der Waals surface area (Å²) in [6.45, 7) is 0.356. The molecule has 1 amide bonds. The molecule has 1 N–H and O–H groups in total. The van der Waals surface area contributed by atoms with E-state index in [2.05, 4.69) is 25.4 Å². The average molecular weight is 357 g/mol. The zero-order valence-corrected chi connectivity index (χ0v) is 14.2. The SMILES string of the molecule is O=C(NCc1ccnc(-c2ccncc2)c1)c1cc(-c2cccnc2)on1. The van der Waals surface area contributed by atoms with Crippen LogP contribution in [-0.4, -0.2) is 26.0 Å². The monoisotopic (exact) mass is 357 g/mol. The van der Waals surface area contributed by atoms with E-state index in [4.69, 9.17) is 4.52 Å². The molecule has 4 heterocycles. The average Bonchev–Trinajstić information content (AvgIpc) is 3.24. The second-order valence-corrected chi connectivity index (χ2v) is 5.79. The van der Waals surface area contributed by atoms with Crippen LogP contribution in [0.3, 0.4) is 0 Å². The molecule has 0 atom stereocenters. The molecule has 0 unspecified atom stereocenters. The Labute approximate surface area is 155 Å². The molecule has 27 heavy (non-hydrogen) atoms. The molecular formula is C20H15N5O2. The highest BCUT2D eigenvalue weighted by Crippen LogP contribution is 2.19. The third-order valence-electron chi connectivity index (χ3n) is 3.94. The minimum absolute atomic E-state index is 0.220. The van der Waals surface area contributed by atoms with Crippen LogP contribution in [0.1, 0.15) is 16.1 Å². The van der Waals surface area contributed by atoms with E-state index >= 15 is 0 Å². The summed E-state index contributed by atoms with van der Waals surface area (Å²) in [6, 6.07) is 12.8. The van der Waals surface area contributed by atoms with E-state index in [0.717, 1.165) is 22.4 Å². The van der Waals surface area contributed by atoms with Gasteiger partial charge < -0.3 is 9.84 Å². The molecule has 0 spiro atoms. The van der Waals surface area contributed by atoms with E-state index in [1.165, 1.54) is 0 Å². The molecule has 7 heteroatoms. The van der Waals surface area contributed by atoms with Gasteiger partial charge in [-0.25, -0.2) is 0 Å². The lowest BCUT2D eigenvalue weighted by Gasteiger charge is -2.05. The Morgan fingerprint density at radius 1 is 0.963 bits per heavy atom. The summed E-state index contributed by atoms with van der Waals surface area (Å²) in [6.07, 6.45) is 8.47. The number of pyridine rings is 3. The molecule has 4 aromatic heterocycles. The zero-order chi connectivity index (χ0) is 18.5. The van der Waals surface area contributed by atoms with Crippen LogP contribution in [0.25, 0.3) is 22.6 Å². The van der Waals surface area contributed by atoms with Crippen molar-refractivity contribution < 1.29 is 9.32 Å². The molecule has 4 aromatic rings. The van der Waals surface area contributed by atoms with Gasteiger partial charge in [-0.1, -0.05) is 5.16 Å². The molecule has 0 aromatic carbocycles. The van der Waals surface area contributed by atoms with E-state index in [-0.39, 0.29) is 11.6 Å². The largest absolute Gasteiger partial charge is 0.355 e. The fourth-order valence-corrected chi connectivity index (χ4v) is 2.56. The van der Waals surface area contributed by atoms with Crippen molar-refractivity contribution in [3.63, 3.8) is 0 Å². The second kappa shape index (κ2) is 7.57. The molecular weight excluding hydrogens is 342 g/mol. The molecule has 0 saturated carbocycles. The molecule has 132 valence electrons. The fraction of sp³-hybridized carbons (Fsp3) is 0.0500. The Hall–Kier alpha value is -3.87. The number of hydrogen-bond acceptors (Lipinski definition) is 6. The van der Waals surface area contributed by atoms with Crippen molar-refractivity contribution >= 4 is 5.91 Å². The predicted octanol–water partition coefficient (Wildman–Crippen LogP) is 3.12. The van der Waals surface area contributed by atoms with Gasteiger partial charge in [0.05, 0.1) is 5.69 Å². The van der Waals surface area contributed by atoms with Gasteiger partial charge >= 0.3 is 0 Å². The molecule has 7 nitrogen and oxygen atoms in total. The number of amides is 1. The highest BCUT2D eigenvalue weighted by atomic mass is 16.5. The zero-order valence-electron chi connectivity index (χ0n) is 14.2. The molecule has 0 fully saturated rings. The van der Waals surface area contributed by atoms with Gasteiger partial charge in [-0.2, -0.15) is 0 Å². The maximum absolute atomic E-state index is 12.3. The number of nitrogens with one attached hydrogen (secondary N) is 1. The third-order valence-corrected chi connectivity index (χ3v) is 3.94. The van der Waals surface area contributed by atoms with Gasteiger partial charge in [-0.05, 0) is 42.0 Å². The fourth-order valence-electron chi connectivity index (χ4n) is 2.56. The Morgan fingerprint density at radius 3 is 2.67 bits per heavy atom. The summed E-state index contributed by atoms with van der Waals surface area (Å²) in [5.41, 5.74) is 3.71. The molecule has 0 aliphatic carbocycles. The highest BCUT2D eigenvalue weighted by molar-refractivity contribution is 5.93. The van der Waals surface area contributed by atoms with E-state index < -0.39 is 0 Å².